The molecule has 18 heavy (non-hydrogen) atoms. The third-order valence-corrected chi connectivity index (χ3v) is 3.73. The second kappa shape index (κ2) is 5.22. The van der Waals surface area contributed by atoms with E-state index in [-0.39, 0.29) is 0 Å². The highest BCUT2D eigenvalue weighted by Crippen LogP contribution is 2.22. The molecule has 1 atom stereocenters. The van der Waals surface area contributed by atoms with Gasteiger partial charge in [0, 0.05) is 31.9 Å². The highest BCUT2D eigenvalue weighted by Gasteiger charge is 2.22. The molecule has 2 heterocycles. The SMILES string of the molecule is Cc1nn(C)cc1CNCC(C)(O)c1ccsc1. The van der Waals surface area contributed by atoms with E-state index in [9.17, 15) is 5.11 Å². The lowest BCUT2D eigenvalue weighted by Crippen LogP contribution is -2.34. The minimum atomic E-state index is -0.823. The summed E-state index contributed by atoms with van der Waals surface area (Å²) in [6.45, 7) is 5.07. The molecule has 0 aliphatic carbocycles. The van der Waals surface area contributed by atoms with Crippen molar-refractivity contribution in [3.8, 4) is 0 Å². The number of nitrogens with one attached hydrogen (secondary N) is 1. The van der Waals surface area contributed by atoms with Crippen LogP contribution in [0.4, 0.5) is 0 Å². The Morgan fingerprint density at radius 1 is 1.56 bits per heavy atom. The predicted molar refractivity (Wildman–Crippen MR) is 73.5 cm³/mol. The van der Waals surface area contributed by atoms with Gasteiger partial charge in [-0.2, -0.15) is 16.4 Å². The Balaban J connectivity index is 1.91. The first-order chi connectivity index (χ1) is 8.49. The van der Waals surface area contributed by atoms with E-state index >= 15 is 0 Å². The quantitative estimate of drug-likeness (QED) is 0.866. The van der Waals surface area contributed by atoms with Crippen molar-refractivity contribution in [1.29, 1.82) is 0 Å². The van der Waals surface area contributed by atoms with Crippen LogP contribution in [0.15, 0.2) is 23.0 Å². The fourth-order valence-corrected chi connectivity index (χ4v) is 2.72. The highest BCUT2D eigenvalue weighted by molar-refractivity contribution is 7.08. The van der Waals surface area contributed by atoms with Gasteiger partial charge in [-0.25, -0.2) is 0 Å². The first-order valence-corrected chi connectivity index (χ1v) is 6.88. The van der Waals surface area contributed by atoms with E-state index in [0.29, 0.717) is 6.54 Å². The lowest BCUT2D eigenvalue weighted by molar-refractivity contribution is 0.0571. The van der Waals surface area contributed by atoms with Crippen LogP contribution in [-0.4, -0.2) is 21.4 Å². The molecular formula is C13H19N3OS. The highest BCUT2D eigenvalue weighted by atomic mass is 32.1. The molecule has 5 heteroatoms. The van der Waals surface area contributed by atoms with Gasteiger partial charge in [0.05, 0.1) is 11.3 Å². The second-order valence-corrected chi connectivity index (χ2v) is 5.58. The van der Waals surface area contributed by atoms with Gasteiger partial charge < -0.3 is 10.4 Å². The zero-order valence-electron chi connectivity index (χ0n) is 11.0. The van der Waals surface area contributed by atoms with Gasteiger partial charge in [-0.15, -0.1) is 0 Å². The fourth-order valence-electron chi connectivity index (χ4n) is 1.94. The summed E-state index contributed by atoms with van der Waals surface area (Å²) >= 11 is 1.60. The van der Waals surface area contributed by atoms with Crippen molar-refractivity contribution in [2.45, 2.75) is 26.0 Å². The van der Waals surface area contributed by atoms with Crippen LogP contribution in [-0.2, 0) is 19.2 Å². The minimum absolute atomic E-state index is 0.526. The average molecular weight is 265 g/mol. The van der Waals surface area contributed by atoms with Crippen LogP contribution in [0.5, 0.6) is 0 Å². The van der Waals surface area contributed by atoms with Crippen molar-refractivity contribution in [3.05, 3.63) is 39.8 Å². The van der Waals surface area contributed by atoms with Crippen LogP contribution in [0.1, 0.15) is 23.7 Å². The summed E-state index contributed by atoms with van der Waals surface area (Å²) < 4.78 is 1.81. The van der Waals surface area contributed by atoms with Crippen LogP contribution in [0.25, 0.3) is 0 Å². The summed E-state index contributed by atoms with van der Waals surface area (Å²) in [5, 5.41) is 21.9. The standard InChI is InChI=1S/C13H19N3OS/c1-10-11(7-16(3)15-10)6-14-9-13(2,17)12-4-5-18-8-12/h4-5,7-8,14,17H,6,9H2,1-3H3. The Labute approximate surface area is 111 Å². The molecule has 2 aromatic rings. The molecule has 0 amide bonds. The van der Waals surface area contributed by atoms with Crippen LogP contribution >= 0.6 is 11.3 Å². The maximum Gasteiger partial charge on any atom is 0.1000 e. The van der Waals surface area contributed by atoms with Crippen LogP contribution in [0.2, 0.25) is 0 Å². The molecule has 1 unspecified atom stereocenters. The topological polar surface area (TPSA) is 50.1 Å². The van der Waals surface area contributed by atoms with Crippen LogP contribution in [0.3, 0.4) is 0 Å². The number of hydrogen-bond acceptors (Lipinski definition) is 4. The van der Waals surface area contributed by atoms with E-state index in [0.717, 1.165) is 17.8 Å². The lowest BCUT2D eigenvalue weighted by atomic mass is 9.99. The Hall–Kier alpha value is -1.17. The predicted octanol–water partition coefficient (Wildman–Crippen LogP) is 1.79. The van der Waals surface area contributed by atoms with Gasteiger partial charge >= 0.3 is 0 Å². The summed E-state index contributed by atoms with van der Waals surface area (Å²) in [5.41, 5.74) is 2.33. The molecule has 0 aliphatic heterocycles. The number of nitrogens with zero attached hydrogens (tertiary/aromatic N) is 2. The molecule has 0 bridgehead atoms. The molecule has 0 saturated heterocycles. The van der Waals surface area contributed by atoms with E-state index in [2.05, 4.69) is 10.4 Å². The van der Waals surface area contributed by atoms with Crippen LogP contribution < -0.4 is 5.32 Å². The maximum atomic E-state index is 10.4. The Morgan fingerprint density at radius 3 is 2.89 bits per heavy atom. The number of aromatic nitrogens is 2. The number of aliphatic hydroxyl groups is 1. The number of rotatable bonds is 5. The van der Waals surface area contributed by atoms with Crippen molar-refractivity contribution in [3.63, 3.8) is 0 Å². The van der Waals surface area contributed by atoms with E-state index < -0.39 is 5.60 Å². The first kappa shape index (κ1) is 13.3. The van der Waals surface area contributed by atoms with Gasteiger partial charge in [0.1, 0.15) is 0 Å². The molecule has 0 aromatic carbocycles. The normalized spacial score (nSPS) is 14.7. The van der Waals surface area contributed by atoms with Crippen LogP contribution in [0, 0.1) is 6.92 Å². The number of hydrogen-bond donors (Lipinski definition) is 2. The Morgan fingerprint density at radius 2 is 2.33 bits per heavy atom. The summed E-state index contributed by atoms with van der Waals surface area (Å²) in [6.07, 6.45) is 2.00. The Bertz CT molecular complexity index is 502. The molecule has 2 aromatic heterocycles. The molecule has 0 saturated carbocycles. The maximum absolute atomic E-state index is 10.4. The van der Waals surface area contributed by atoms with Crippen molar-refractivity contribution in [1.82, 2.24) is 15.1 Å². The van der Waals surface area contributed by atoms with Crippen molar-refractivity contribution < 1.29 is 5.11 Å². The number of aryl methyl sites for hydroxylation is 2. The van der Waals surface area contributed by atoms with E-state index in [1.165, 1.54) is 5.56 Å². The second-order valence-electron chi connectivity index (χ2n) is 4.80. The fraction of sp³-hybridized carbons (Fsp3) is 0.462. The molecule has 0 aliphatic rings. The monoisotopic (exact) mass is 265 g/mol. The van der Waals surface area contributed by atoms with E-state index in [1.807, 2.05) is 48.6 Å². The van der Waals surface area contributed by atoms with E-state index in [4.69, 9.17) is 0 Å². The summed E-state index contributed by atoms with van der Waals surface area (Å²) in [5.74, 6) is 0. The third kappa shape index (κ3) is 2.98. The molecule has 0 fully saturated rings. The minimum Gasteiger partial charge on any atom is -0.384 e. The summed E-state index contributed by atoms with van der Waals surface area (Å²) in [6, 6.07) is 1.96. The van der Waals surface area contributed by atoms with Gasteiger partial charge in [-0.3, -0.25) is 4.68 Å². The molecular weight excluding hydrogens is 246 g/mol. The molecule has 98 valence electrons. The average Bonchev–Trinajstić information content (AvgIpc) is 2.89. The van der Waals surface area contributed by atoms with Crippen molar-refractivity contribution >= 4 is 11.3 Å². The zero-order chi connectivity index (χ0) is 13.2. The summed E-state index contributed by atoms with van der Waals surface area (Å²) in [4.78, 5) is 0. The summed E-state index contributed by atoms with van der Waals surface area (Å²) in [7, 11) is 1.91. The molecule has 4 nitrogen and oxygen atoms in total. The lowest BCUT2D eigenvalue weighted by Gasteiger charge is -2.22. The number of thiophene rings is 1. The molecule has 0 radical (unpaired) electrons. The molecule has 0 spiro atoms. The Kier molecular flexibility index (Phi) is 3.85. The van der Waals surface area contributed by atoms with Crippen molar-refractivity contribution in [2.24, 2.45) is 7.05 Å². The third-order valence-electron chi connectivity index (χ3n) is 3.04. The van der Waals surface area contributed by atoms with Gasteiger partial charge in [-0.05, 0) is 36.2 Å². The van der Waals surface area contributed by atoms with E-state index in [1.54, 1.807) is 11.3 Å². The smallest absolute Gasteiger partial charge is 0.1000 e. The largest absolute Gasteiger partial charge is 0.384 e. The van der Waals surface area contributed by atoms with Gasteiger partial charge in [0.25, 0.3) is 0 Å². The van der Waals surface area contributed by atoms with Gasteiger partial charge in [0.15, 0.2) is 0 Å². The van der Waals surface area contributed by atoms with Gasteiger partial charge in [-0.1, -0.05) is 0 Å². The molecule has 2 N–H and O–H groups in total. The molecule has 2 rings (SSSR count). The van der Waals surface area contributed by atoms with Crippen molar-refractivity contribution in [2.75, 3.05) is 6.54 Å². The van der Waals surface area contributed by atoms with Gasteiger partial charge in [0.2, 0.25) is 0 Å². The first-order valence-electron chi connectivity index (χ1n) is 5.94. The zero-order valence-corrected chi connectivity index (χ0v) is 11.8.